The molecule has 0 amide bonds. The minimum atomic E-state index is -5.96. The lowest BCUT2D eigenvalue weighted by Gasteiger charge is -2.33. The number of alkyl halides is 3. The van der Waals surface area contributed by atoms with Crippen molar-refractivity contribution in [1.82, 2.24) is 0 Å². The van der Waals surface area contributed by atoms with Crippen molar-refractivity contribution < 1.29 is 41.7 Å². The average Bonchev–Trinajstić information content (AvgIpc) is 2.60. The Hall–Kier alpha value is -3.21. The summed E-state index contributed by atoms with van der Waals surface area (Å²) in [7, 11) is -5.96. The van der Waals surface area contributed by atoms with E-state index in [2.05, 4.69) is 0 Å². The van der Waals surface area contributed by atoms with Gasteiger partial charge < -0.3 is 25.0 Å². The number of phenols is 3. The first-order valence-electron chi connectivity index (χ1n) is 7.60. The molecule has 2 aromatic rings. The van der Waals surface area contributed by atoms with Crippen molar-refractivity contribution in [2.45, 2.75) is 16.4 Å². The first kappa shape index (κ1) is 19.5. The van der Waals surface area contributed by atoms with E-state index >= 15 is 0 Å². The van der Waals surface area contributed by atoms with Crippen molar-refractivity contribution in [3.63, 3.8) is 0 Å². The van der Waals surface area contributed by atoms with Crippen molar-refractivity contribution >= 4 is 27.9 Å². The van der Waals surface area contributed by atoms with Gasteiger partial charge in [0.2, 0.25) is 0 Å². The number of aromatic hydroxyl groups is 3. The monoisotopic (exact) mass is 415 g/mol. The molecule has 3 N–H and O–H groups in total. The van der Waals surface area contributed by atoms with Gasteiger partial charge in [0, 0.05) is 29.1 Å². The highest BCUT2D eigenvalue weighted by atomic mass is 32.2. The summed E-state index contributed by atoms with van der Waals surface area (Å²) in [5.74, 6) is -2.11. The largest absolute Gasteiger partial charge is 0.508 e. The van der Waals surface area contributed by atoms with Crippen LogP contribution in [-0.2, 0) is 14.6 Å². The smallest absolute Gasteiger partial charge is 0.502 e. The number of halogens is 3. The molecule has 11 heteroatoms. The molecule has 1 heterocycles. The van der Waals surface area contributed by atoms with Crippen LogP contribution in [-0.4, -0.2) is 35.5 Å². The van der Waals surface area contributed by atoms with Gasteiger partial charge in [0.25, 0.3) is 9.84 Å². The van der Waals surface area contributed by atoms with Gasteiger partial charge in [-0.1, -0.05) is 0 Å². The van der Waals surface area contributed by atoms with E-state index in [-0.39, 0.29) is 5.75 Å². The maximum atomic E-state index is 13.0. The Morgan fingerprint density at radius 1 is 1.04 bits per heavy atom. The van der Waals surface area contributed by atoms with Crippen molar-refractivity contribution in [3.8, 4) is 17.2 Å². The zero-order chi connectivity index (χ0) is 20.9. The van der Waals surface area contributed by atoms with Gasteiger partial charge in [-0.3, -0.25) is 0 Å². The summed E-state index contributed by atoms with van der Waals surface area (Å²) in [6.07, 6.45) is 2.39. The molecule has 1 aliphatic heterocycles. The SMILES string of the molecule is O=CC1c2c(O)cc(O)c(S(=O)(=O)C(F)(F)F)c2C=CN1c1ccc(O)cc1. The second kappa shape index (κ2) is 6.44. The highest BCUT2D eigenvalue weighted by molar-refractivity contribution is 7.92. The number of fused-ring (bicyclic) bond motifs is 1. The van der Waals surface area contributed by atoms with E-state index in [1.54, 1.807) is 0 Å². The summed E-state index contributed by atoms with van der Waals surface area (Å²) < 4.78 is 62.9. The fourth-order valence-corrected chi connectivity index (χ4v) is 3.97. The Kier molecular flexibility index (Phi) is 4.50. The molecular formula is C17H12F3NO6S. The molecule has 0 aliphatic carbocycles. The van der Waals surface area contributed by atoms with Crippen LogP contribution in [0.5, 0.6) is 17.2 Å². The summed E-state index contributed by atoms with van der Waals surface area (Å²) in [4.78, 5) is 11.5. The van der Waals surface area contributed by atoms with E-state index in [0.29, 0.717) is 18.0 Å². The van der Waals surface area contributed by atoms with Crippen LogP contribution in [0.15, 0.2) is 41.4 Å². The fourth-order valence-electron chi connectivity index (χ4n) is 2.94. The molecule has 3 rings (SSSR count). The average molecular weight is 415 g/mol. The molecular weight excluding hydrogens is 403 g/mol. The summed E-state index contributed by atoms with van der Waals surface area (Å²) in [5.41, 5.74) is -6.41. The van der Waals surface area contributed by atoms with Gasteiger partial charge in [-0.05, 0) is 30.3 Å². The molecule has 0 saturated heterocycles. The number of phenolic OH excluding ortho intramolecular Hbond substituents is 3. The van der Waals surface area contributed by atoms with Gasteiger partial charge in [-0.15, -0.1) is 0 Å². The van der Waals surface area contributed by atoms with Gasteiger partial charge in [0.1, 0.15) is 34.5 Å². The van der Waals surface area contributed by atoms with Gasteiger partial charge in [-0.25, -0.2) is 8.42 Å². The zero-order valence-electron chi connectivity index (χ0n) is 13.8. The molecule has 0 bridgehead atoms. The molecule has 1 unspecified atom stereocenters. The first-order valence-corrected chi connectivity index (χ1v) is 9.08. The number of hydrogen-bond acceptors (Lipinski definition) is 7. The van der Waals surface area contributed by atoms with E-state index in [4.69, 9.17) is 0 Å². The van der Waals surface area contributed by atoms with Crippen LogP contribution >= 0.6 is 0 Å². The molecule has 0 spiro atoms. The summed E-state index contributed by atoms with van der Waals surface area (Å²) in [6, 6.07) is 4.49. The number of benzene rings is 2. The van der Waals surface area contributed by atoms with Crippen LogP contribution in [0.1, 0.15) is 17.2 Å². The number of nitrogens with zero attached hydrogens (tertiary/aromatic N) is 1. The van der Waals surface area contributed by atoms with E-state index < -0.39 is 48.9 Å². The molecule has 148 valence electrons. The van der Waals surface area contributed by atoms with Crippen LogP contribution in [0.25, 0.3) is 6.08 Å². The maximum absolute atomic E-state index is 13.0. The van der Waals surface area contributed by atoms with E-state index in [9.17, 15) is 41.7 Å². The van der Waals surface area contributed by atoms with Gasteiger partial charge in [-0.2, -0.15) is 13.2 Å². The summed E-state index contributed by atoms with van der Waals surface area (Å²) in [6.45, 7) is 0. The van der Waals surface area contributed by atoms with Crippen molar-refractivity contribution in [2.75, 3.05) is 4.90 Å². The highest BCUT2D eigenvalue weighted by Crippen LogP contribution is 2.47. The number of anilines is 1. The minimum Gasteiger partial charge on any atom is -0.508 e. The Bertz CT molecular complexity index is 1080. The third-order valence-electron chi connectivity index (χ3n) is 4.16. The number of carbonyl (C=O) groups is 1. The van der Waals surface area contributed by atoms with E-state index in [0.717, 1.165) is 12.3 Å². The van der Waals surface area contributed by atoms with Crippen LogP contribution in [0.4, 0.5) is 18.9 Å². The molecule has 1 aliphatic rings. The van der Waals surface area contributed by atoms with Gasteiger partial charge in [0.05, 0.1) is 0 Å². The molecule has 0 aromatic heterocycles. The Morgan fingerprint density at radius 2 is 1.64 bits per heavy atom. The lowest BCUT2D eigenvalue weighted by Crippen LogP contribution is -2.30. The van der Waals surface area contributed by atoms with Crippen LogP contribution in [0.3, 0.4) is 0 Å². The molecule has 1 atom stereocenters. The molecule has 7 nitrogen and oxygen atoms in total. The summed E-state index contributed by atoms with van der Waals surface area (Å²) >= 11 is 0. The third kappa shape index (κ3) is 2.93. The van der Waals surface area contributed by atoms with E-state index in [1.807, 2.05) is 0 Å². The number of hydrogen-bond donors (Lipinski definition) is 3. The molecule has 28 heavy (non-hydrogen) atoms. The number of carbonyl (C=O) groups excluding carboxylic acids is 1. The van der Waals surface area contributed by atoms with Crippen LogP contribution in [0, 0.1) is 0 Å². The fraction of sp³-hybridized carbons (Fsp3) is 0.118. The Morgan fingerprint density at radius 3 is 2.18 bits per heavy atom. The minimum absolute atomic E-state index is 0.0703. The van der Waals surface area contributed by atoms with Gasteiger partial charge >= 0.3 is 5.51 Å². The van der Waals surface area contributed by atoms with Crippen molar-refractivity contribution in [1.29, 1.82) is 0 Å². The molecule has 0 saturated carbocycles. The molecule has 2 aromatic carbocycles. The quantitative estimate of drug-likeness (QED) is 0.661. The second-order valence-corrected chi connectivity index (χ2v) is 7.72. The first-order chi connectivity index (χ1) is 13.0. The maximum Gasteiger partial charge on any atom is 0.502 e. The third-order valence-corrected chi connectivity index (χ3v) is 5.74. The standard InChI is InChI=1S/C17H12F3NO6S/c18-17(19,20)28(26,27)16-11-5-6-21(9-1-3-10(23)4-2-9)12(8-22)15(11)13(24)7-14(16)25/h1-8,12,23-25H. The topological polar surface area (TPSA) is 115 Å². The Labute approximate surface area is 156 Å². The van der Waals surface area contributed by atoms with Gasteiger partial charge in [0.15, 0.2) is 0 Å². The Balaban J connectivity index is 2.27. The molecule has 0 radical (unpaired) electrons. The number of rotatable bonds is 3. The summed E-state index contributed by atoms with van der Waals surface area (Å²) in [5, 5.41) is 29.3. The lowest BCUT2D eigenvalue weighted by atomic mass is 9.94. The molecule has 0 fully saturated rings. The van der Waals surface area contributed by atoms with Crippen molar-refractivity contribution in [2.24, 2.45) is 0 Å². The normalized spacial score (nSPS) is 16.7. The van der Waals surface area contributed by atoms with E-state index in [1.165, 1.54) is 29.2 Å². The van der Waals surface area contributed by atoms with Crippen LogP contribution < -0.4 is 4.90 Å². The van der Waals surface area contributed by atoms with Crippen LogP contribution in [0.2, 0.25) is 0 Å². The van der Waals surface area contributed by atoms with Crippen molar-refractivity contribution in [3.05, 3.63) is 47.7 Å². The second-order valence-electron chi connectivity index (χ2n) is 5.84. The lowest BCUT2D eigenvalue weighted by molar-refractivity contribution is -0.109. The number of sulfone groups is 1. The highest BCUT2D eigenvalue weighted by Gasteiger charge is 2.50. The number of aldehydes is 1. The zero-order valence-corrected chi connectivity index (χ0v) is 14.6. The predicted octanol–water partition coefficient (Wildman–Crippen LogP) is 2.83. The predicted molar refractivity (Wildman–Crippen MR) is 91.4 cm³/mol.